The lowest BCUT2D eigenvalue weighted by atomic mass is 10.1. The molecule has 1 heterocycles. The van der Waals surface area contributed by atoms with Gasteiger partial charge in [-0.2, -0.15) is 0 Å². The lowest BCUT2D eigenvalue weighted by molar-refractivity contribution is 0.312. The lowest BCUT2D eigenvalue weighted by Gasteiger charge is -2.11. The number of rotatable bonds is 2. The Labute approximate surface area is 92.8 Å². The standard InChI is InChI=1S/C11H14BrNO/c1-3-13-9-6-14-11-7(2)4-5-8(12)10(9)11/h4-5,9,13H,3,6H2,1-2H3. The van der Waals surface area contributed by atoms with E-state index in [2.05, 4.69) is 47.2 Å². The summed E-state index contributed by atoms with van der Waals surface area (Å²) < 4.78 is 6.82. The fourth-order valence-electron chi connectivity index (χ4n) is 1.86. The van der Waals surface area contributed by atoms with E-state index in [0.717, 1.165) is 23.4 Å². The van der Waals surface area contributed by atoms with Gasteiger partial charge < -0.3 is 10.1 Å². The Morgan fingerprint density at radius 2 is 2.36 bits per heavy atom. The molecule has 14 heavy (non-hydrogen) atoms. The molecule has 0 aromatic heterocycles. The molecule has 0 bridgehead atoms. The number of ether oxygens (including phenoxy) is 1. The first-order valence-corrected chi connectivity index (χ1v) is 5.68. The highest BCUT2D eigenvalue weighted by Crippen LogP contribution is 2.40. The first-order chi connectivity index (χ1) is 6.74. The predicted octanol–water partition coefficient (Wildman–Crippen LogP) is 2.80. The first-order valence-electron chi connectivity index (χ1n) is 4.89. The van der Waals surface area contributed by atoms with Gasteiger partial charge >= 0.3 is 0 Å². The van der Waals surface area contributed by atoms with Crippen molar-refractivity contribution >= 4 is 15.9 Å². The van der Waals surface area contributed by atoms with Crippen LogP contribution in [0.5, 0.6) is 5.75 Å². The van der Waals surface area contributed by atoms with Gasteiger partial charge in [0.2, 0.25) is 0 Å². The number of aryl methyl sites for hydroxylation is 1. The van der Waals surface area contributed by atoms with Crippen molar-refractivity contribution in [2.45, 2.75) is 19.9 Å². The van der Waals surface area contributed by atoms with Gasteiger partial charge in [0.25, 0.3) is 0 Å². The third-order valence-electron chi connectivity index (χ3n) is 2.53. The molecule has 3 heteroatoms. The van der Waals surface area contributed by atoms with Crippen LogP contribution in [0.3, 0.4) is 0 Å². The predicted molar refractivity (Wildman–Crippen MR) is 60.8 cm³/mol. The molecule has 2 nitrogen and oxygen atoms in total. The van der Waals surface area contributed by atoms with Crippen LogP contribution in [-0.4, -0.2) is 13.2 Å². The summed E-state index contributed by atoms with van der Waals surface area (Å²) in [5.74, 6) is 1.05. The number of fused-ring (bicyclic) bond motifs is 1. The second-order valence-electron chi connectivity index (χ2n) is 3.53. The van der Waals surface area contributed by atoms with Crippen LogP contribution < -0.4 is 10.1 Å². The highest BCUT2D eigenvalue weighted by atomic mass is 79.9. The van der Waals surface area contributed by atoms with Crippen molar-refractivity contribution in [3.63, 3.8) is 0 Å². The van der Waals surface area contributed by atoms with Crippen LogP contribution in [0, 0.1) is 6.92 Å². The topological polar surface area (TPSA) is 21.3 Å². The summed E-state index contributed by atoms with van der Waals surface area (Å²) in [6.45, 7) is 5.90. The number of likely N-dealkylation sites (N-methyl/N-ethyl adjacent to an activating group) is 1. The van der Waals surface area contributed by atoms with Crippen molar-refractivity contribution in [2.24, 2.45) is 0 Å². The maximum Gasteiger partial charge on any atom is 0.128 e. The molecule has 0 saturated carbocycles. The molecule has 0 radical (unpaired) electrons. The van der Waals surface area contributed by atoms with E-state index in [1.807, 2.05) is 0 Å². The van der Waals surface area contributed by atoms with Gasteiger partial charge in [-0.1, -0.05) is 28.9 Å². The normalized spacial score (nSPS) is 19.2. The van der Waals surface area contributed by atoms with E-state index in [4.69, 9.17) is 4.74 Å². The second kappa shape index (κ2) is 3.91. The SMILES string of the molecule is CCNC1COc2c(C)ccc(Br)c21. The monoisotopic (exact) mass is 255 g/mol. The van der Waals surface area contributed by atoms with Crippen LogP contribution >= 0.6 is 15.9 Å². The minimum absolute atomic E-state index is 0.337. The summed E-state index contributed by atoms with van der Waals surface area (Å²) in [5.41, 5.74) is 2.48. The average Bonchev–Trinajstić information content (AvgIpc) is 2.58. The Bertz CT molecular complexity index is 351. The van der Waals surface area contributed by atoms with Crippen LogP contribution in [0.4, 0.5) is 0 Å². The van der Waals surface area contributed by atoms with E-state index in [0.29, 0.717) is 6.04 Å². The number of benzene rings is 1. The summed E-state index contributed by atoms with van der Waals surface area (Å²) in [6, 6.07) is 4.51. The molecular formula is C11H14BrNO. The molecular weight excluding hydrogens is 242 g/mol. The first kappa shape index (κ1) is 9.99. The lowest BCUT2D eigenvalue weighted by Crippen LogP contribution is -2.22. The van der Waals surface area contributed by atoms with Gasteiger partial charge in [0.1, 0.15) is 12.4 Å². The second-order valence-corrected chi connectivity index (χ2v) is 4.38. The zero-order chi connectivity index (χ0) is 10.1. The minimum Gasteiger partial charge on any atom is -0.491 e. The molecule has 1 aliphatic heterocycles. The summed E-state index contributed by atoms with van der Waals surface area (Å²) >= 11 is 3.57. The van der Waals surface area contributed by atoms with Crippen molar-refractivity contribution in [3.05, 3.63) is 27.7 Å². The highest BCUT2D eigenvalue weighted by molar-refractivity contribution is 9.10. The molecule has 0 aliphatic carbocycles. The number of halogens is 1. The Kier molecular flexibility index (Phi) is 2.79. The van der Waals surface area contributed by atoms with E-state index in [1.54, 1.807) is 0 Å². The zero-order valence-corrected chi connectivity index (χ0v) is 10.0. The summed E-state index contributed by atoms with van der Waals surface area (Å²) in [5, 5.41) is 3.41. The number of hydrogen-bond acceptors (Lipinski definition) is 2. The Morgan fingerprint density at radius 3 is 3.07 bits per heavy atom. The van der Waals surface area contributed by atoms with Gasteiger partial charge in [-0.05, 0) is 25.1 Å². The summed E-state index contributed by atoms with van der Waals surface area (Å²) in [6.07, 6.45) is 0. The van der Waals surface area contributed by atoms with Crippen LogP contribution in [0.25, 0.3) is 0 Å². The smallest absolute Gasteiger partial charge is 0.128 e. The van der Waals surface area contributed by atoms with Crippen LogP contribution in [0.15, 0.2) is 16.6 Å². The quantitative estimate of drug-likeness (QED) is 0.878. The van der Waals surface area contributed by atoms with Crippen molar-refractivity contribution in [1.29, 1.82) is 0 Å². The molecule has 0 fully saturated rings. The van der Waals surface area contributed by atoms with Gasteiger partial charge in [-0.3, -0.25) is 0 Å². The van der Waals surface area contributed by atoms with Crippen molar-refractivity contribution in [3.8, 4) is 5.75 Å². The third-order valence-corrected chi connectivity index (χ3v) is 3.22. The molecule has 1 unspecified atom stereocenters. The van der Waals surface area contributed by atoms with Crippen LogP contribution in [0.2, 0.25) is 0 Å². The molecule has 1 N–H and O–H groups in total. The van der Waals surface area contributed by atoms with E-state index >= 15 is 0 Å². The molecule has 76 valence electrons. The molecule has 0 spiro atoms. The number of nitrogens with one attached hydrogen (secondary N) is 1. The molecule has 2 rings (SSSR count). The van der Waals surface area contributed by atoms with Gasteiger partial charge in [0, 0.05) is 10.0 Å². The van der Waals surface area contributed by atoms with Crippen molar-refractivity contribution in [2.75, 3.05) is 13.2 Å². The van der Waals surface area contributed by atoms with Crippen molar-refractivity contribution in [1.82, 2.24) is 5.32 Å². The maximum atomic E-state index is 5.68. The summed E-state index contributed by atoms with van der Waals surface area (Å²) in [4.78, 5) is 0. The maximum absolute atomic E-state index is 5.68. The van der Waals surface area contributed by atoms with Gasteiger partial charge in [-0.25, -0.2) is 0 Å². The van der Waals surface area contributed by atoms with E-state index < -0.39 is 0 Å². The highest BCUT2D eigenvalue weighted by Gasteiger charge is 2.26. The largest absolute Gasteiger partial charge is 0.491 e. The molecule has 1 atom stereocenters. The van der Waals surface area contributed by atoms with E-state index in [1.165, 1.54) is 11.1 Å². The van der Waals surface area contributed by atoms with Crippen LogP contribution in [-0.2, 0) is 0 Å². The molecule has 1 aliphatic rings. The van der Waals surface area contributed by atoms with Crippen molar-refractivity contribution < 1.29 is 4.74 Å². The third kappa shape index (κ3) is 1.55. The van der Waals surface area contributed by atoms with Crippen LogP contribution in [0.1, 0.15) is 24.1 Å². The van der Waals surface area contributed by atoms with Gasteiger partial charge in [0.05, 0.1) is 6.04 Å². The zero-order valence-electron chi connectivity index (χ0n) is 8.43. The minimum atomic E-state index is 0.337. The van der Waals surface area contributed by atoms with Gasteiger partial charge in [-0.15, -0.1) is 0 Å². The Balaban J connectivity index is 2.42. The molecule has 1 aromatic carbocycles. The fourth-order valence-corrected chi connectivity index (χ4v) is 2.45. The average molecular weight is 256 g/mol. The molecule has 0 saturated heterocycles. The van der Waals surface area contributed by atoms with E-state index in [9.17, 15) is 0 Å². The number of hydrogen-bond donors (Lipinski definition) is 1. The summed E-state index contributed by atoms with van der Waals surface area (Å²) in [7, 11) is 0. The van der Waals surface area contributed by atoms with E-state index in [-0.39, 0.29) is 0 Å². The molecule has 1 aromatic rings. The Hall–Kier alpha value is -0.540. The molecule has 0 amide bonds. The Morgan fingerprint density at radius 1 is 1.57 bits per heavy atom. The fraction of sp³-hybridized carbons (Fsp3) is 0.455. The van der Waals surface area contributed by atoms with Gasteiger partial charge in [0.15, 0.2) is 0 Å².